The average Bonchev–Trinajstić information content (AvgIpc) is 2.97. The maximum Gasteiger partial charge on any atom is 0.122 e. The van der Waals surface area contributed by atoms with Gasteiger partial charge >= 0.3 is 0 Å². The highest BCUT2D eigenvalue weighted by Gasteiger charge is 2.22. The van der Waals surface area contributed by atoms with Crippen LogP contribution in [0.5, 0.6) is 5.75 Å². The fraction of sp³-hybridized carbons (Fsp3) is 0.500. The van der Waals surface area contributed by atoms with Gasteiger partial charge in [-0.3, -0.25) is 0 Å². The number of likely N-dealkylation sites (N-methyl/N-ethyl adjacent to an activating group) is 1. The van der Waals surface area contributed by atoms with Crippen molar-refractivity contribution in [3.63, 3.8) is 0 Å². The number of nitrogens with zero attached hydrogens (tertiary/aromatic N) is 1. The second-order valence-electron chi connectivity index (χ2n) is 5.66. The van der Waals surface area contributed by atoms with Gasteiger partial charge in [-0.1, -0.05) is 0 Å². The number of ether oxygens (including phenoxy) is 1. The lowest BCUT2D eigenvalue weighted by molar-refractivity contribution is 0.310. The summed E-state index contributed by atoms with van der Waals surface area (Å²) in [6.45, 7) is 3.32. The van der Waals surface area contributed by atoms with Gasteiger partial charge in [-0.05, 0) is 63.0 Å². The van der Waals surface area contributed by atoms with Crippen LogP contribution in [0.1, 0.15) is 24.0 Å². The van der Waals surface area contributed by atoms with E-state index in [0.717, 1.165) is 12.2 Å². The molecule has 3 nitrogen and oxygen atoms in total. The predicted octanol–water partition coefficient (Wildman–Crippen LogP) is 3.12. The molecule has 3 rings (SSSR count). The van der Waals surface area contributed by atoms with Crippen molar-refractivity contribution in [3.8, 4) is 5.75 Å². The summed E-state index contributed by atoms with van der Waals surface area (Å²) in [5, 5.41) is 1.31. The van der Waals surface area contributed by atoms with E-state index in [1.165, 1.54) is 41.4 Å². The summed E-state index contributed by atoms with van der Waals surface area (Å²) in [6, 6.07) is 5.04. The van der Waals surface area contributed by atoms with Crippen LogP contribution >= 0.6 is 0 Å². The van der Waals surface area contributed by atoms with Gasteiger partial charge < -0.3 is 14.6 Å². The average molecular weight is 258 g/mol. The normalized spacial score (nSPS) is 20.3. The Balaban J connectivity index is 1.95. The van der Waals surface area contributed by atoms with Gasteiger partial charge in [0.25, 0.3) is 0 Å². The first kappa shape index (κ1) is 12.5. The van der Waals surface area contributed by atoms with E-state index in [1.807, 2.05) is 0 Å². The number of hydrogen-bond acceptors (Lipinski definition) is 2. The number of aromatic amines is 1. The summed E-state index contributed by atoms with van der Waals surface area (Å²) >= 11 is 0. The van der Waals surface area contributed by atoms with Gasteiger partial charge in [0.15, 0.2) is 0 Å². The van der Waals surface area contributed by atoms with Crippen LogP contribution in [0.15, 0.2) is 18.3 Å². The third kappa shape index (κ3) is 2.23. The number of likely N-dealkylation sites (tertiary alicyclic amines) is 1. The quantitative estimate of drug-likeness (QED) is 0.916. The molecule has 1 aliphatic rings. The molecular formula is C16H22N2O. The van der Waals surface area contributed by atoms with Crippen molar-refractivity contribution >= 4 is 10.9 Å². The van der Waals surface area contributed by atoms with Gasteiger partial charge in [-0.25, -0.2) is 0 Å². The molecule has 1 saturated heterocycles. The highest BCUT2D eigenvalue weighted by Crippen LogP contribution is 2.29. The number of rotatable bonds is 3. The Hall–Kier alpha value is -1.48. The van der Waals surface area contributed by atoms with Crippen LogP contribution in [-0.2, 0) is 6.42 Å². The smallest absolute Gasteiger partial charge is 0.122 e. The molecule has 3 heteroatoms. The van der Waals surface area contributed by atoms with E-state index in [2.05, 4.69) is 42.2 Å². The Kier molecular flexibility index (Phi) is 3.23. The maximum absolute atomic E-state index is 5.44. The van der Waals surface area contributed by atoms with Crippen LogP contribution in [0.3, 0.4) is 0 Å². The first-order chi connectivity index (χ1) is 9.19. The van der Waals surface area contributed by atoms with Crippen LogP contribution in [0, 0.1) is 6.92 Å². The molecule has 1 N–H and O–H groups in total. The molecule has 1 aromatic carbocycles. The van der Waals surface area contributed by atoms with Crippen molar-refractivity contribution in [1.82, 2.24) is 9.88 Å². The van der Waals surface area contributed by atoms with Crippen molar-refractivity contribution in [1.29, 1.82) is 0 Å². The van der Waals surface area contributed by atoms with Crippen LogP contribution in [0.25, 0.3) is 10.9 Å². The minimum atomic E-state index is 0.686. The maximum atomic E-state index is 5.44. The van der Waals surface area contributed by atoms with Gasteiger partial charge in [0.1, 0.15) is 5.75 Å². The molecule has 0 bridgehead atoms. The third-order valence-corrected chi connectivity index (χ3v) is 4.41. The van der Waals surface area contributed by atoms with Crippen molar-refractivity contribution in [3.05, 3.63) is 29.5 Å². The van der Waals surface area contributed by atoms with Crippen LogP contribution in [-0.4, -0.2) is 36.6 Å². The molecule has 1 atom stereocenters. The standard InChI is InChI=1S/C16H22N2O/c1-11-7-15-14(9-16(11)19-3)12(10-17-15)8-13-5-4-6-18(13)2/h7,9-10,13,17H,4-6,8H2,1-3H3/t13-/m1/s1. The zero-order chi connectivity index (χ0) is 13.4. The molecule has 0 saturated carbocycles. The third-order valence-electron chi connectivity index (χ3n) is 4.41. The second-order valence-corrected chi connectivity index (χ2v) is 5.66. The van der Waals surface area contributed by atoms with E-state index in [4.69, 9.17) is 4.74 Å². The van der Waals surface area contributed by atoms with E-state index in [9.17, 15) is 0 Å². The molecule has 0 spiro atoms. The molecule has 2 aromatic rings. The summed E-state index contributed by atoms with van der Waals surface area (Å²) in [5.41, 5.74) is 3.81. The second kappa shape index (κ2) is 4.89. The molecule has 0 unspecified atom stereocenters. The van der Waals surface area contributed by atoms with Crippen molar-refractivity contribution in [2.75, 3.05) is 20.7 Å². The number of H-pyrrole nitrogens is 1. The predicted molar refractivity (Wildman–Crippen MR) is 78.9 cm³/mol. The number of methoxy groups -OCH3 is 1. The number of fused-ring (bicyclic) bond motifs is 1. The summed E-state index contributed by atoms with van der Waals surface area (Å²) in [5.74, 6) is 0.980. The Bertz CT molecular complexity index is 588. The summed E-state index contributed by atoms with van der Waals surface area (Å²) < 4.78 is 5.44. The molecule has 1 fully saturated rings. The number of aryl methyl sites for hydroxylation is 1. The molecular weight excluding hydrogens is 236 g/mol. The monoisotopic (exact) mass is 258 g/mol. The van der Waals surface area contributed by atoms with Crippen LogP contribution in [0.4, 0.5) is 0 Å². The minimum absolute atomic E-state index is 0.686. The fourth-order valence-electron chi connectivity index (χ4n) is 3.20. The molecule has 102 valence electrons. The molecule has 0 amide bonds. The largest absolute Gasteiger partial charge is 0.496 e. The highest BCUT2D eigenvalue weighted by molar-refractivity contribution is 5.85. The lowest BCUT2D eigenvalue weighted by Gasteiger charge is -2.18. The van der Waals surface area contributed by atoms with E-state index < -0.39 is 0 Å². The molecule has 1 aliphatic heterocycles. The summed E-state index contributed by atoms with van der Waals surface area (Å²) in [7, 11) is 3.97. The minimum Gasteiger partial charge on any atom is -0.496 e. The zero-order valence-electron chi connectivity index (χ0n) is 12.0. The number of nitrogens with one attached hydrogen (secondary N) is 1. The molecule has 0 radical (unpaired) electrons. The first-order valence-electron chi connectivity index (χ1n) is 7.04. The van der Waals surface area contributed by atoms with E-state index in [0.29, 0.717) is 6.04 Å². The molecule has 19 heavy (non-hydrogen) atoms. The van der Waals surface area contributed by atoms with E-state index in [-0.39, 0.29) is 0 Å². The molecule has 0 aliphatic carbocycles. The Morgan fingerprint density at radius 3 is 2.95 bits per heavy atom. The SMILES string of the molecule is COc1cc2c(C[C@H]3CCCN3C)c[nH]c2cc1C. The lowest BCUT2D eigenvalue weighted by atomic mass is 10.0. The van der Waals surface area contributed by atoms with Crippen molar-refractivity contribution in [2.45, 2.75) is 32.2 Å². The van der Waals surface area contributed by atoms with Gasteiger partial charge in [0.2, 0.25) is 0 Å². The number of benzene rings is 1. The van der Waals surface area contributed by atoms with Crippen molar-refractivity contribution < 1.29 is 4.74 Å². The van der Waals surface area contributed by atoms with Crippen molar-refractivity contribution in [2.24, 2.45) is 0 Å². The zero-order valence-corrected chi connectivity index (χ0v) is 12.0. The van der Waals surface area contributed by atoms with Gasteiger partial charge in [-0.15, -0.1) is 0 Å². The molecule has 2 heterocycles. The topological polar surface area (TPSA) is 28.3 Å². The summed E-state index contributed by atoms with van der Waals surface area (Å²) in [4.78, 5) is 5.87. The Labute approximate surface area is 114 Å². The van der Waals surface area contributed by atoms with E-state index in [1.54, 1.807) is 7.11 Å². The highest BCUT2D eigenvalue weighted by atomic mass is 16.5. The molecule has 1 aromatic heterocycles. The van der Waals surface area contributed by atoms with Crippen LogP contribution < -0.4 is 4.74 Å². The van der Waals surface area contributed by atoms with Gasteiger partial charge in [0, 0.05) is 23.1 Å². The van der Waals surface area contributed by atoms with E-state index >= 15 is 0 Å². The Morgan fingerprint density at radius 2 is 2.26 bits per heavy atom. The van der Waals surface area contributed by atoms with Gasteiger partial charge in [0.05, 0.1) is 7.11 Å². The Morgan fingerprint density at radius 1 is 1.42 bits per heavy atom. The summed E-state index contributed by atoms with van der Waals surface area (Å²) in [6.07, 6.45) is 5.93. The van der Waals surface area contributed by atoms with Crippen LogP contribution in [0.2, 0.25) is 0 Å². The number of hydrogen-bond donors (Lipinski definition) is 1. The number of aromatic nitrogens is 1. The fourth-order valence-corrected chi connectivity index (χ4v) is 3.20. The lowest BCUT2D eigenvalue weighted by Crippen LogP contribution is -2.26. The van der Waals surface area contributed by atoms with Gasteiger partial charge in [-0.2, -0.15) is 0 Å². The first-order valence-corrected chi connectivity index (χ1v) is 7.04.